The van der Waals surface area contributed by atoms with Crippen LogP contribution in [0.4, 0.5) is 0 Å². The second-order valence-electron chi connectivity index (χ2n) is 8.75. The zero-order valence-corrected chi connectivity index (χ0v) is 17.9. The molecule has 0 bridgehead atoms. The molecule has 3 heterocycles. The molecular weight excluding hydrogens is 356 g/mol. The van der Waals surface area contributed by atoms with Crippen molar-refractivity contribution in [2.75, 3.05) is 6.61 Å². The molecule has 28 heavy (non-hydrogen) atoms. The molecule has 0 aromatic rings. The lowest BCUT2D eigenvalue weighted by Gasteiger charge is -2.04. The Bertz CT molecular complexity index is 468. The maximum atomic E-state index is 11.6. The Kier molecular flexibility index (Phi) is 9.06. The van der Waals surface area contributed by atoms with Crippen molar-refractivity contribution in [3.05, 3.63) is 0 Å². The van der Waals surface area contributed by atoms with E-state index in [1.165, 1.54) is 25.7 Å². The first-order valence-electron chi connectivity index (χ1n) is 11.8. The Balaban J connectivity index is 1.07. The van der Waals surface area contributed by atoms with Gasteiger partial charge in [-0.15, -0.1) is 0 Å². The van der Waals surface area contributed by atoms with Crippen molar-refractivity contribution in [1.82, 2.24) is 0 Å². The summed E-state index contributed by atoms with van der Waals surface area (Å²) in [6.07, 6.45) is 16.7. The van der Waals surface area contributed by atoms with Crippen LogP contribution in [-0.4, -0.2) is 49.2 Å². The third-order valence-corrected chi connectivity index (χ3v) is 6.28. The molecule has 6 atom stereocenters. The molecule has 5 heteroatoms. The highest BCUT2D eigenvalue weighted by Gasteiger charge is 2.51. The van der Waals surface area contributed by atoms with Gasteiger partial charge in [-0.3, -0.25) is 4.79 Å². The lowest BCUT2D eigenvalue weighted by Crippen LogP contribution is -2.05. The van der Waals surface area contributed by atoms with Gasteiger partial charge in [0.05, 0.1) is 43.2 Å². The van der Waals surface area contributed by atoms with E-state index in [-0.39, 0.29) is 5.97 Å². The van der Waals surface area contributed by atoms with Gasteiger partial charge in [0.15, 0.2) is 0 Å². The van der Waals surface area contributed by atoms with Crippen LogP contribution < -0.4 is 0 Å². The molecule has 6 unspecified atom stereocenters. The fourth-order valence-corrected chi connectivity index (χ4v) is 4.19. The average molecular weight is 397 g/mol. The van der Waals surface area contributed by atoms with Crippen molar-refractivity contribution in [2.24, 2.45) is 0 Å². The van der Waals surface area contributed by atoms with E-state index in [9.17, 15) is 4.79 Å². The average Bonchev–Trinajstić information content (AvgIpc) is 3.59. The minimum Gasteiger partial charge on any atom is -0.466 e. The van der Waals surface area contributed by atoms with Crippen LogP contribution in [0.25, 0.3) is 0 Å². The quantitative estimate of drug-likeness (QED) is 0.198. The highest BCUT2D eigenvalue weighted by atomic mass is 16.6. The maximum absolute atomic E-state index is 11.6. The van der Waals surface area contributed by atoms with Crippen LogP contribution in [0.3, 0.4) is 0 Å². The van der Waals surface area contributed by atoms with Crippen LogP contribution in [0.1, 0.15) is 97.3 Å². The van der Waals surface area contributed by atoms with Gasteiger partial charge in [0, 0.05) is 19.3 Å². The molecule has 3 aliphatic rings. The number of unbranched alkanes of at least 4 members (excludes halogenated alkanes) is 6. The standard InChI is InChI=1S/C23H40O5/c1-3-5-11-14-25-23(24)13-10-8-6-7-9-12-18-20(27-18)16-22-21(28-22)15-19-17(4-2)26-19/h17-22H,3-16H2,1-2H3. The second kappa shape index (κ2) is 11.5. The molecule has 3 saturated heterocycles. The van der Waals surface area contributed by atoms with E-state index >= 15 is 0 Å². The van der Waals surface area contributed by atoms with E-state index in [1.54, 1.807) is 0 Å². The lowest BCUT2D eigenvalue weighted by molar-refractivity contribution is -0.143. The van der Waals surface area contributed by atoms with E-state index < -0.39 is 0 Å². The SMILES string of the molecule is CCCCCOC(=O)CCCCCCCC1OC1CC1OC1CC1OC1CC. The maximum Gasteiger partial charge on any atom is 0.305 e. The molecule has 0 aromatic heterocycles. The first-order valence-corrected chi connectivity index (χ1v) is 11.8. The van der Waals surface area contributed by atoms with Crippen LogP contribution >= 0.6 is 0 Å². The lowest BCUT2D eigenvalue weighted by atomic mass is 10.0. The van der Waals surface area contributed by atoms with Crippen LogP contribution in [0.2, 0.25) is 0 Å². The van der Waals surface area contributed by atoms with Gasteiger partial charge < -0.3 is 18.9 Å². The minimum atomic E-state index is -0.0237. The Morgan fingerprint density at radius 1 is 0.714 bits per heavy atom. The zero-order chi connectivity index (χ0) is 19.8. The summed E-state index contributed by atoms with van der Waals surface area (Å²) in [6.45, 7) is 4.93. The normalized spacial score (nSPS) is 32.9. The molecule has 0 aromatic carbocycles. The number of carbonyl (C=O) groups excluding carboxylic acids is 1. The van der Waals surface area contributed by atoms with Crippen molar-refractivity contribution in [2.45, 2.75) is 134 Å². The summed E-state index contributed by atoms with van der Waals surface area (Å²) in [7, 11) is 0. The number of esters is 1. The van der Waals surface area contributed by atoms with E-state index in [0.29, 0.717) is 49.7 Å². The third-order valence-electron chi connectivity index (χ3n) is 6.28. The van der Waals surface area contributed by atoms with Crippen molar-refractivity contribution >= 4 is 5.97 Å². The van der Waals surface area contributed by atoms with Crippen molar-refractivity contribution in [3.8, 4) is 0 Å². The van der Waals surface area contributed by atoms with Crippen molar-refractivity contribution < 1.29 is 23.7 Å². The number of ether oxygens (including phenoxy) is 4. The molecule has 162 valence electrons. The van der Waals surface area contributed by atoms with E-state index in [1.807, 2.05) is 0 Å². The van der Waals surface area contributed by atoms with Crippen LogP contribution in [-0.2, 0) is 23.7 Å². The van der Waals surface area contributed by atoms with Gasteiger partial charge in [0.25, 0.3) is 0 Å². The van der Waals surface area contributed by atoms with Crippen LogP contribution in [0, 0.1) is 0 Å². The smallest absolute Gasteiger partial charge is 0.305 e. The van der Waals surface area contributed by atoms with Gasteiger partial charge in [-0.1, -0.05) is 52.4 Å². The van der Waals surface area contributed by atoms with Gasteiger partial charge in [0.1, 0.15) is 0 Å². The molecule has 5 nitrogen and oxygen atoms in total. The summed E-state index contributed by atoms with van der Waals surface area (Å²) in [5.74, 6) is -0.0237. The first-order chi connectivity index (χ1) is 13.7. The number of hydrogen-bond donors (Lipinski definition) is 0. The Morgan fingerprint density at radius 3 is 2.04 bits per heavy atom. The number of rotatable bonds is 17. The Morgan fingerprint density at radius 2 is 1.32 bits per heavy atom. The summed E-state index contributed by atoms with van der Waals surface area (Å²) >= 11 is 0. The van der Waals surface area contributed by atoms with Crippen molar-refractivity contribution in [3.63, 3.8) is 0 Å². The van der Waals surface area contributed by atoms with Crippen LogP contribution in [0.5, 0.6) is 0 Å². The zero-order valence-electron chi connectivity index (χ0n) is 17.9. The van der Waals surface area contributed by atoms with Gasteiger partial charge in [-0.25, -0.2) is 0 Å². The fraction of sp³-hybridized carbons (Fsp3) is 0.957. The molecule has 0 saturated carbocycles. The molecule has 3 rings (SSSR count). The third kappa shape index (κ3) is 8.00. The summed E-state index contributed by atoms with van der Waals surface area (Å²) in [5, 5.41) is 0. The van der Waals surface area contributed by atoms with Gasteiger partial charge in [0.2, 0.25) is 0 Å². The molecule has 0 spiro atoms. The van der Waals surface area contributed by atoms with E-state index in [4.69, 9.17) is 18.9 Å². The first kappa shape index (κ1) is 22.0. The van der Waals surface area contributed by atoms with Gasteiger partial charge >= 0.3 is 5.97 Å². The number of hydrogen-bond acceptors (Lipinski definition) is 5. The number of carbonyl (C=O) groups is 1. The summed E-state index contributed by atoms with van der Waals surface area (Å²) in [4.78, 5) is 11.6. The summed E-state index contributed by atoms with van der Waals surface area (Å²) < 4.78 is 22.4. The van der Waals surface area contributed by atoms with E-state index in [0.717, 1.165) is 51.4 Å². The predicted octanol–water partition coefficient (Wildman–Crippen LogP) is 4.94. The highest BCUT2D eigenvalue weighted by Crippen LogP contribution is 2.41. The fourth-order valence-electron chi connectivity index (χ4n) is 4.19. The number of epoxide rings is 3. The monoisotopic (exact) mass is 396 g/mol. The van der Waals surface area contributed by atoms with Gasteiger partial charge in [-0.05, 0) is 25.7 Å². The van der Waals surface area contributed by atoms with Crippen molar-refractivity contribution in [1.29, 1.82) is 0 Å². The molecule has 0 radical (unpaired) electrons. The highest BCUT2D eigenvalue weighted by molar-refractivity contribution is 5.69. The molecule has 3 aliphatic heterocycles. The molecule has 0 aliphatic carbocycles. The molecule has 0 amide bonds. The molecule has 3 fully saturated rings. The topological polar surface area (TPSA) is 63.9 Å². The van der Waals surface area contributed by atoms with Gasteiger partial charge in [-0.2, -0.15) is 0 Å². The Labute approximate surface area is 170 Å². The summed E-state index contributed by atoms with van der Waals surface area (Å²) in [5.41, 5.74) is 0. The Hall–Kier alpha value is -0.650. The largest absolute Gasteiger partial charge is 0.466 e. The summed E-state index contributed by atoms with van der Waals surface area (Å²) in [6, 6.07) is 0. The van der Waals surface area contributed by atoms with Crippen LogP contribution in [0.15, 0.2) is 0 Å². The second-order valence-corrected chi connectivity index (χ2v) is 8.75. The van der Waals surface area contributed by atoms with E-state index in [2.05, 4.69) is 13.8 Å². The minimum absolute atomic E-state index is 0.0237. The molecular formula is C23H40O5. The molecule has 0 N–H and O–H groups in total. The predicted molar refractivity (Wildman–Crippen MR) is 108 cm³/mol.